The monoisotopic (exact) mass is 705 g/mol. The molecule has 2 aromatic rings. The van der Waals surface area contributed by atoms with Crippen LogP contribution in [-0.2, 0) is 41.9 Å². The second-order valence-electron chi connectivity index (χ2n) is 13.1. The molecule has 2 fully saturated rings. The Balaban J connectivity index is 1.55. The molecule has 16 heteroatoms. The molecule has 0 spiro atoms. The van der Waals surface area contributed by atoms with Crippen LogP contribution in [0.25, 0.3) is 0 Å². The fraction of sp³-hybridized carbons (Fsp3) is 0.545. The van der Waals surface area contributed by atoms with E-state index in [0.717, 1.165) is 0 Å². The zero-order chi connectivity index (χ0) is 35.8. The Bertz CT molecular complexity index is 1570. The van der Waals surface area contributed by atoms with Crippen LogP contribution in [0.15, 0.2) is 53.4 Å². The number of rotatable bonds is 16. The Hall–Kier alpha value is -3.96. The number of alkyl carbamates (subject to hydrolysis) is 1. The van der Waals surface area contributed by atoms with Crippen molar-refractivity contribution in [1.29, 1.82) is 0 Å². The maximum Gasteiger partial charge on any atom is 0.409 e. The molecule has 7 N–H and O–H groups in total. The van der Waals surface area contributed by atoms with Crippen molar-refractivity contribution in [2.75, 3.05) is 33.4 Å². The number of methoxy groups -OCH3 is 1. The molecule has 2 saturated heterocycles. The summed E-state index contributed by atoms with van der Waals surface area (Å²) < 4.78 is 53.2. The van der Waals surface area contributed by atoms with Crippen LogP contribution in [0.4, 0.5) is 9.59 Å². The molecule has 5 atom stereocenters. The molecule has 270 valence electrons. The molecule has 0 aliphatic carbocycles. The second-order valence-corrected chi connectivity index (χ2v) is 14.8. The van der Waals surface area contributed by atoms with Gasteiger partial charge in [0.05, 0.1) is 43.8 Å². The number of carbonyl (C=O) groups excluding carboxylic acids is 3. The summed E-state index contributed by atoms with van der Waals surface area (Å²) in [5.74, 6) is -0.348. The van der Waals surface area contributed by atoms with E-state index in [-0.39, 0.29) is 36.9 Å². The average Bonchev–Trinajstić information content (AvgIpc) is 3.65. The molecule has 0 unspecified atom stereocenters. The fourth-order valence-electron chi connectivity index (χ4n) is 5.96. The van der Waals surface area contributed by atoms with Gasteiger partial charge in [0.25, 0.3) is 0 Å². The van der Waals surface area contributed by atoms with Gasteiger partial charge in [-0.3, -0.25) is 10.1 Å². The third kappa shape index (κ3) is 10.3. The van der Waals surface area contributed by atoms with E-state index in [4.69, 9.17) is 24.7 Å². The topological polar surface area (TPSA) is 217 Å². The lowest BCUT2D eigenvalue weighted by atomic mass is 9.82. The van der Waals surface area contributed by atoms with Gasteiger partial charge in [-0.25, -0.2) is 18.0 Å². The van der Waals surface area contributed by atoms with E-state index in [9.17, 15) is 27.9 Å². The molecule has 2 heterocycles. The first-order chi connectivity index (χ1) is 23.1. The zero-order valence-corrected chi connectivity index (χ0v) is 29.0. The maximum atomic E-state index is 14.1. The number of fused-ring (bicyclic) bond motifs is 1. The highest BCUT2D eigenvalue weighted by atomic mass is 32.2. The molecule has 15 nitrogen and oxygen atoms in total. The number of hydrogen-bond donors (Lipinski definition) is 6. The quantitative estimate of drug-likeness (QED) is 0.138. The Kier molecular flexibility index (Phi) is 12.5. The van der Waals surface area contributed by atoms with Gasteiger partial charge in [-0.2, -0.15) is 4.72 Å². The van der Waals surface area contributed by atoms with Crippen LogP contribution in [0.5, 0.6) is 5.75 Å². The summed E-state index contributed by atoms with van der Waals surface area (Å²) in [6.07, 6.45) is -1.97. The fourth-order valence-corrected chi connectivity index (χ4v) is 7.40. The van der Waals surface area contributed by atoms with Gasteiger partial charge in [-0.1, -0.05) is 44.2 Å². The summed E-state index contributed by atoms with van der Waals surface area (Å²) in [4.78, 5) is 36.1. The summed E-state index contributed by atoms with van der Waals surface area (Å²) in [7, 11) is -2.92. The van der Waals surface area contributed by atoms with Crippen molar-refractivity contribution in [2.24, 2.45) is 17.1 Å². The summed E-state index contributed by atoms with van der Waals surface area (Å²) in [5.41, 5.74) is 3.94. The maximum absolute atomic E-state index is 14.1. The molecule has 49 heavy (non-hydrogen) atoms. The van der Waals surface area contributed by atoms with E-state index in [0.29, 0.717) is 42.7 Å². The first-order valence-electron chi connectivity index (χ1n) is 16.1. The van der Waals surface area contributed by atoms with Crippen LogP contribution in [0.3, 0.4) is 0 Å². The van der Waals surface area contributed by atoms with Gasteiger partial charge in [0, 0.05) is 13.0 Å². The van der Waals surface area contributed by atoms with E-state index in [1.165, 1.54) is 26.2 Å². The number of aliphatic hydroxyl groups is 1. The number of hydrogen-bond acceptors (Lipinski definition) is 10. The van der Waals surface area contributed by atoms with Gasteiger partial charge in [0.1, 0.15) is 17.5 Å². The zero-order valence-electron chi connectivity index (χ0n) is 28.2. The van der Waals surface area contributed by atoms with Gasteiger partial charge in [-0.15, -0.1) is 0 Å². The van der Waals surface area contributed by atoms with Crippen molar-refractivity contribution >= 4 is 28.1 Å². The molecule has 0 radical (unpaired) electrons. The molecule has 2 aliphatic heterocycles. The lowest BCUT2D eigenvalue weighted by molar-refractivity contribution is -0.117. The SMILES string of the molecule is COc1ccc(S(=O)(=O)N[C@](Cc2ccccc2)(NC(=O)O[C@@H]2CO[C@@H]3OCC[C@@H]32)[C@@H](C)O)cc1CC(C)(C)CCNC(=O)NCC(N)=O. The number of nitrogens with two attached hydrogens (primary N) is 1. The van der Waals surface area contributed by atoms with Crippen molar-refractivity contribution < 1.29 is 46.9 Å². The number of carbonyl (C=O) groups is 3. The first kappa shape index (κ1) is 37.9. The van der Waals surface area contributed by atoms with Crippen molar-refractivity contribution in [3.63, 3.8) is 0 Å². The molecule has 0 bridgehead atoms. The van der Waals surface area contributed by atoms with E-state index < -0.39 is 57.6 Å². The number of amides is 4. The van der Waals surface area contributed by atoms with E-state index in [1.54, 1.807) is 36.4 Å². The third-order valence-corrected chi connectivity index (χ3v) is 10.2. The minimum Gasteiger partial charge on any atom is -0.496 e. The highest BCUT2D eigenvalue weighted by molar-refractivity contribution is 7.89. The minimum absolute atomic E-state index is 0.105. The Morgan fingerprint density at radius 1 is 1.08 bits per heavy atom. The van der Waals surface area contributed by atoms with E-state index in [1.807, 2.05) is 13.8 Å². The standard InChI is InChI=1S/C33H47N5O10S/c1-21(39)33(17-22-8-6-5-7-9-22,37-31(42)48-27-20-47-29-25(27)12-15-46-29)38-49(43,44)24-10-11-26(45-4)23(16-24)18-32(2,3)13-14-35-30(41)36-19-28(34)40/h5-11,16,21,25,27,29,38-39H,12-15,17-20H2,1-4H3,(H2,34,40)(H,37,42)(H2,35,36,41)/t21-,25-,27-,29+,33+/m1/s1. The first-order valence-corrected chi connectivity index (χ1v) is 17.6. The number of nitrogens with one attached hydrogen (secondary N) is 4. The number of ether oxygens (including phenoxy) is 4. The molecular formula is C33H47N5O10S. The van der Waals surface area contributed by atoms with Crippen LogP contribution in [-0.4, -0.2) is 89.1 Å². The Labute approximate surface area is 286 Å². The third-order valence-electron chi connectivity index (χ3n) is 8.67. The lowest BCUT2D eigenvalue weighted by Crippen LogP contribution is -2.68. The summed E-state index contributed by atoms with van der Waals surface area (Å²) in [6.45, 7) is 5.91. The summed E-state index contributed by atoms with van der Waals surface area (Å²) in [5, 5.41) is 18.8. The van der Waals surface area contributed by atoms with Gasteiger partial charge in [-0.05, 0) is 60.9 Å². The van der Waals surface area contributed by atoms with Crippen molar-refractivity contribution in [3.8, 4) is 5.75 Å². The molecule has 0 aromatic heterocycles. The van der Waals surface area contributed by atoms with Crippen LogP contribution in [0.2, 0.25) is 0 Å². The molecule has 2 aromatic carbocycles. The molecule has 2 aliphatic rings. The molecule has 4 amide bonds. The summed E-state index contributed by atoms with van der Waals surface area (Å²) in [6, 6.07) is 12.7. The largest absolute Gasteiger partial charge is 0.496 e. The molecular weight excluding hydrogens is 658 g/mol. The van der Waals surface area contributed by atoms with Crippen LogP contribution in [0, 0.1) is 11.3 Å². The second kappa shape index (κ2) is 16.2. The Morgan fingerprint density at radius 2 is 1.82 bits per heavy atom. The van der Waals surface area contributed by atoms with E-state index >= 15 is 0 Å². The van der Waals surface area contributed by atoms with Crippen LogP contribution < -0.4 is 31.1 Å². The number of sulfonamides is 1. The Morgan fingerprint density at radius 3 is 2.49 bits per heavy atom. The normalized spacial score (nSPS) is 20.8. The molecule has 0 saturated carbocycles. The minimum atomic E-state index is -4.40. The number of aliphatic hydroxyl groups excluding tert-OH is 1. The highest BCUT2D eigenvalue weighted by Crippen LogP contribution is 2.34. The number of benzene rings is 2. The number of urea groups is 1. The van der Waals surface area contributed by atoms with Gasteiger partial charge in [0.2, 0.25) is 15.9 Å². The highest BCUT2D eigenvalue weighted by Gasteiger charge is 2.46. The predicted octanol–water partition coefficient (Wildman–Crippen LogP) is 1.52. The predicted molar refractivity (Wildman–Crippen MR) is 178 cm³/mol. The van der Waals surface area contributed by atoms with Gasteiger partial charge in [0.15, 0.2) is 6.29 Å². The number of primary amides is 1. The van der Waals surface area contributed by atoms with Gasteiger partial charge >= 0.3 is 12.1 Å². The average molecular weight is 706 g/mol. The lowest BCUT2D eigenvalue weighted by Gasteiger charge is -2.38. The smallest absolute Gasteiger partial charge is 0.409 e. The molecule has 4 rings (SSSR count). The van der Waals surface area contributed by atoms with Crippen LogP contribution >= 0.6 is 0 Å². The van der Waals surface area contributed by atoms with Crippen molar-refractivity contribution in [1.82, 2.24) is 20.7 Å². The van der Waals surface area contributed by atoms with Crippen molar-refractivity contribution in [2.45, 2.75) is 75.5 Å². The van der Waals surface area contributed by atoms with Crippen LogP contribution in [0.1, 0.15) is 44.7 Å². The summed E-state index contributed by atoms with van der Waals surface area (Å²) >= 11 is 0. The van der Waals surface area contributed by atoms with E-state index in [2.05, 4.69) is 20.7 Å². The van der Waals surface area contributed by atoms with Crippen molar-refractivity contribution in [3.05, 3.63) is 59.7 Å². The van der Waals surface area contributed by atoms with Gasteiger partial charge < -0.3 is 40.4 Å².